The van der Waals surface area contributed by atoms with E-state index in [1.807, 2.05) is 0 Å². The number of carbonyl (C=O) groups is 2. The van der Waals surface area contributed by atoms with Gasteiger partial charge in [-0.15, -0.1) is 13.2 Å². The van der Waals surface area contributed by atoms with Crippen LogP contribution in [0.5, 0.6) is 17.5 Å². The van der Waals surface area contributed by atoms with Gasteiger partial charge in [-0.25, -0.2) is 14.6 Å². The molecule has 2 amide bonds. The third kappa shape index (κ3) is 6.82. The molecule has 3 rings (SSSR count). The lowest BCUT2D eigenvalue weighted by Crippen LogP contribution is -2.20. The Kier molecular flexibility index (Phi) is 6.96. The average molecular weight is 462 g/mol. The van der Waals surface area contributed by atoms with E-state index in [0.717, 1.165) is 12.1 Å². The van der Waals surface area contributed by atoms with Crippen molar-refractivity contribution in [1.82, 2.24) is 9.97 Å². The number of anilines is 2. The van der Waals surface area contributed by atoms with Gasteiger partial charge in [0.1, 0.15) is 5.75 Å². The standard InChI is InChI=1S/C21H17F3N4O5/c1-12-11-16(18(29)31-2)28-20(25-12)32-17-6-4-3-5-15(17)27-19(30)26-13-7-9-14(10-8-13)33-21(22,23)24/h3-11H,1-2H3,(H2,26,27,30). The van der Waals surface area contributed by atoms with Gasteiger partial charge < -0.3 is 24.8 Å². The van der Waals surface area contributed by atoms with Crippen LogP contribution in [0.3, 0.4) is 0 Å². The molecule has 12 heteroatoms. The Hall–Kier alpha value is -4.35. The summed E-state index contributed by atoms with van der Waals surface area (Å²) in [7, 11) is 1.22. The van der Waals surface area contributed by atoms with Crippen LogP contribution >= 0.6 is 0 Å². The van der Waals surface area contributed by atoms with Crippen molar-refractivity contribution in [2.75, 3.05) is 17.7 Å². The molecular weight excluding hydrogens is 445 g/mol. The Labute approximate surface area is 185 Å². The predicted octanol–water partition coefficient (Wildman–Crippen LogP) is 4.91. The zero-order valence-corrected chi connectivity index (χ0v) is 17.3. The molecule has 0 saturated carbocycles. The van der Waals surface area contributed by atoms with Crippen LogP contribution in [-0.2, 0) is 4.74 Å². The second kappa shape index (κ2) is 9.85. The lowest BCUT2D eigenvalue weighted by Gasteiger charge is -2.13. The first kappa shape index (κ1) is 23.3. The van der Waals surface area contributed by atoms with Crippen molar-refractivity contribution in [3.63, 3.8) is 0 Å². The van der Waals surface area contributed by atoms with E-state index in [1.54, 1.807) is 31.2 Å². The van der Waals surface area contributed by atoms with Crippen molar-refractivity contribution in [1.29, 1.82) is 0 Å². The van der Waals surface area contributed by atoms with E-state index in [-0.39, 0.29) is 28.8 Å². The first-order valence-electron chi connectivity index (χ1n) is 9.27. The highest BCUT2D eigenvalue weighted by Crippen LogP contribution is 2.28. The molecule has 0 unspecified atom stereocenters. The first-order valence-corrected chi connectivity index (χ1v) is 9.27. The number of ether oxygens (including phenoxy) is 3. The molecule has 172 valence electrons. The summed E-state index contributed by atoms with van der Waals surface area (Å²) in [6, 6.07) is 11.6. The maximum Gasteiger partial charge on any atom is 0.573 e. The molecule has 9 nitrogen and oxygen atoms in total. The highest BCUT2D eigenvalue weighted by molar-refractivity contribution is 6.00. The molecule has 0 fully saturated rings. The second-order valence-electron chi connectivity index (χ2n) is 6.42. The van der Waals surface area contributed by atoms with E-state index in [1.165, 1.54) is 25.3 Å². The molecule has 0 spiro atoms. The van der Waals surface area contributed by atoms with Gasteiger partial charge in [0.25, 0.3) is 0 Å². The maximum atomic E-state index is 12.4. The number of esters is 1. The highest BCUT2D eigenvalue weighted by Gasteiger charge is 2.31. The molecule has 2 aromatic carbocycles. The van der Waals surface area contributed by atoms with Gasteiger partial charge in [0.2, 0.25) is 0 Å². The molecule has 0 saturated heterocycles. The summed E-state index contributed by atoms with van der Waals surface area (Å²) in [4.78, 5) is 32.2. The van der Waals surface area contributed by atoms with Gasteiger partial charge in [0, 0.05) is 11.4 Å². The van der Waals surface area contributed by atoms with Crippen molar-refractivity contribution < 1.29 is 37.0 Å². The summed E-state index contributed by atoms with van der Waals surface area (Å²) in [6.45, 7) is 1.64. The third-order valence-corrected chi connectivity index (χ3v) is 3.91. The van der Waals surface area contributed by atoms with E-state index < -0.39 is 24.1 Å². The Balaban J connectivity index is 1.70. The van der Waals surface area contributed by atoms with E-state index >= 15 is 0 Å². The number of halogens is 3. The number of carbonyl (C=O) groups excluding carboxylic acids is 2. The minimum atomic E-state index is -4.81. The molecule has 0 aliphatic rings. The number of methoxy groups -OCH3 is 1. The fourth-order valence-electron chi connectivity index (χ4n) is 2.58. The van der Waals surface area contributed by atoms with Crippen LogP contribution in [0.1, 0.15) is 16.2 Å². The quantitative estimate of drug-likeness (QED) is 0.501. The summed E-state index contributed by atoms with van der Waals surface area (Å²) in [5, 5.41) is 5.04. The number of hydrogen-bond donors (Lipinski definition) is 2. The Bertz CT molecular complexity index is 1150. The van der Waals surface area contributed by atoms with Crippen molar-refractivity contribution in [2.45, 2.75) is 13.3 Å². The minimum absolute atomic E-state index is 0.00105. The van der Waals surface area contributed by atoms with Gasteiger partial charge in [0.05, 0.1) is 12.8 Å². The lowest BCUT2D eigenvalue weighted by molar-refractivity contribution is -0.274. The molecular formula is C21H17F3N4O5. The Morgan fingerprint density at radius 2 is 1.67 bits per heavy atom. The molecule has 3 aromatic rings. The number of amides is 2. The fraction of sp³-hybridized carbons (Fsp3) is 0.143. The molecule has 2 N–H and O–H groups in total. The number of hydrogen-bond acceptors (Lipinski definition) is 7. The van der Waals surface area contributed by atoms with Crippen LogP contribution in [-0.4, -0.2) is 35.4 Å². The van der Waals surface area contributed by atoms with Gasteiger partial charge in [-0.3, -0.25) is 0 Å². The number of alkyl halides is 3. The molecule has 0 radical (unpaired) electrons. The zero-order valence-electron chi connectivity index (χ0n) is 17.3. The molecule has 0 aliphatic heterocycles. The monoisotopic (exact) mass is 462 g/mol. The van der Waals surface area contributed by atoms with E-state index in [9.17, 15) is 22.8 Å². The summed E-state index contributed by atoms with van der Waals surface area (Å²) in [6.07, 6.45) is -4.81. The number of nitrogens with one attached hydrogen (secondary N) is 2. The summed E-state index contributed by atoms with van der Waals surface area (Å²) in [5.41, 5.74) is 0.935. The topological polar surface area (TPSA) is 112 Å². The largest absolute Gasteiger partial charge is 0.573 e. The lowest BCUT2D eigenvalue weighted by atomic mass is 10.3. The van der Waals surface area contributed by atoms with Crippen LogP contribution in [0.25, 0.3) is 0 Å². The number of aromatic nitrogens is 2. The van der Waals surface area contributed by atoms with Crippen LogP contribution in [0.15, 0.2) is 54.6 Å². The van der Waals surface area contributed by atoms with E-state index in [2.05, 4.69) is 30.1 Å². The smallest absolute Gasteiger partial charge is 0.464 e. The fourth-order valence-corrected chi connectivity index (χ4v) is 2.58. The Morgan fingerprint density at radius 3 is 2.33 bits per heavy atom. The number of benzene rings is 2. The van der Waals surface area contributed by atoms with E-state index in [4.69, 9.17) is 4.74 Å². The number of para-hydroxylation sites is 2. The Morgan fingerprint density at radius 1 is 0.970 bits per heavy atom. The van der Waals surface area contributed by atoms with Crippen LogP contribution in [0, 0.1) is 6.92 Å². The van der Waals surface area contributed by atoms with Gasteiger partial charge >= 0.3 is 24.4 Å². The van der Waals surface area contributed by atoms with Gasteiger partial charge in [-0.05, 0) is 49.4 Å². The van der Waals surface area contributed by atoms with Crippen LogP contribution < -0.4 is 20.1 Å². The zero-order chi connectivity index (χ0) is 24.0. The van der Waals surface area contributed by atoms with Gasteiger partial charge in [-0.1, -0.05) is 12.1 Å². The molecule has 1 heterocycles. The molecule has 0 bridgehead atoms. The summed E-state index contributed by atoms with van der Waals surface area (Å²) < 4.78 is 50.8. The van der Waals surface area contributed by atoms with E-state index in [0.29, 0.717) is 5.69 Å². The minimum Gasteiger partial charge on any atom is -0.464 e. The summed E-state index contributed by atoms with van der Waals surface area (Å²) >= 11 is 0. The van der Waals surface area contributed by atoms with Crippen LogP contribution in [0.2, 0.25) is 0 Å². The van der Waals surface area contributed by atoms with Gasteiger partial charge in [-0.2, -0.15) is 4.98 Å². The van der Waals surface area contributed by atoms with Gasteiger partial charge in [0.15, 0.2) is 11.4 Å². The highest BCUT2D eigenvalue weighted by atomic mass is 19.4. The summed E-state index contributed by atoms with van der Waals surface area (Å²) in [5.74, 6) is -0.900. The molecule has 33 heavy (non-hydrogen) atoms. The number of nitrogens with zero attached hydrogens (tertiary/aromatic N) is 2. The first-order chi connectivity index (χ1) is 15.6. The number of aryl methyl sites for hydroxylation is 1. The number of urea groups is 1. The molecule has 0 atom stereocenters. The van der Waals surface area contributed by atoms with Crippen molar-refractivity contribution in [3.8, 4) is 17.5 Å². The molecule has 0 aliphatic carbocycles. The number of rotatable bonds is 6. The predicted molar refractivity (Wildman–Crippen MR) is 110 cm³/mol. The van der Waals surface area contributed by atoms with Crippen molar-refractivity contribution in [3.05, 3.63) is 66.0 Å². The van der Waals surface area contributed by atoms with Crippen molar-refractivity contribution in [2.24, 2.45) is 0 Å². The average Bonchev–Trinajstić information content (AvgIpc) is 2.74. The van der Waals surface area contributed by atoms with Crippen LogP contribution in [0.4, 0.5) is 29.3 Å². The third-order valence-electron chi connectivity index (χ3n) is 3.91. The SMILES string of the molecule is COC(=O)c1cc(C)nc(Oc2ccccc2NC(=O)Nc2ccc(OC(F)(F)F)cc2)n1. The normalized spacial score (nSPS) is 10.8. The maximum absolute atomic E-state index is 12.4. The second-order valence-corrected chi connectivity index (χ2v) is 6.42. The van der Waals surface area contributed by atoms with Crippen molar-refractivity contribution >= 4 is 23.4 Å². The molecule has 1 aromatic heterocycles.